The molecule has 0 aliphatic carbocycles. The van der Waals surface area contributed by atoms with E-state index in [4.69, 9.17) is 10.5 Å². The van der Waals surface area contributed by atoms with Gasteiger partial charge in [-0.05, 0) is 38.0 Å². The van der Waals surface area contributed by atoms with Crippen LogP contribution in [0.25, 0.3) is 0 Å². The lowest BCUT2D eigenvalue weighted by molar-refractivity contribution is -0.0719. The van der Waals surface area contributed by atoms with E-state index in [9.17, 15) is 0 Å². The van der Waals surface area contributed by atoms with Gasteiger partial charge in [-0.2, -0.15) is 0 Å². The average molecular weight is 206 g/mol. The molecule has 82 valence electrons. The van der Waals surface area contributed by atoms with Crippen LogP contribution in [0.3, 0.4) is 0 Å². The fraction of sp³-hybridized carbons (Fsp3) is 0.583. The van der Waals surface area contributed by atoms with Crippen molar-refractivity contribution in [1.82, 2.24) is 4.98 Å². The third kappa shape index (κ3) is 2.19. The van der Waals surface area contributed by atoms with Gasteiger partial charge in [0.15, 0.2) is 0 Å². The fourth-order valence-electron chi connectivity index (χ4n) is 2.30. The smallest absolute Gasteiger partial charge is 0.0586 e. The Balaban J connectivity index is 2.23. The molecular weight excluding hydrogens is 188 g/mol. The van der Waals surface area contributed by atoms with Gasteiger partial charge in [-0.15, -0.1) is 0 Å². The molecule has 0 unspecified atom stereocenters. The van der Waals surface area contributed by atoms with E-state index in [0.717, 1.165) is 19.6 Å². The summed E-state index contributed by atoms with van der Waals surface area (Å²) in [4.78, 5) is 4.04. The van der Waals surface area contributed by atoms with Gasteiger partial charge in [0.25, 0.3) is 0 Å². The summed E-state index contributed by atoms with van der Waals surface area (Å²) in [6.07, 6.45) is 4.61. The molecule has 0 radical (unpaired) electrons. The van der Waals surface area contributed by atoms with Crippen LogP contribution >= 0.6 is 0 Å². The van der Waals surface area contributed by atoms with E-state index in [1.54, 1.807) is 0 Å². The maximum Gasteiger partial charge on any atom is 0.0586 e. The first-order valence-electron chi connectivity index (χ1n) is 5.29. The second-order valence-corrected chi connectivity index (χ2v) is 5.17. The van der Waals surface area contributed by atoms with Crippen LogP contribution in [0.2, 0.25) is 0 Å². The zero-order chi connectivity index (χ0) is 10.9. The van der Waals surface area contributed by atoms with Gasteiger partial charge >= 0.3 is 0 Å². The SMILES string of the molecule is CC(C)(N)CC1(c2ccncc2)COC1. The van der Waals surface area contributed by atoms with E-state index in [1.807, 2.05) is 12.4 Å². The molecule has 0 spiro atoms. The largest absolute Gasteiger partial charge is 0.379 e. The number of nitrogens with two attached hydrogens (primary N) is 1. The third-order valence-corrected chi connectivity index (χ3v) is 2.84. The minimum atomic E-state index is -0.160. The molecule has 1 aromatic rings. The summed E-state index contributed by atoms with van der Waals surface area (Å²) in [6, 6.07) is 4.13. The van der Waals surface area contributed by atoms with Gasteiger partial charge in [0, 0.05) is 23.3 Å². The third-order valence-electron chi connectivity index (χ3n) is 2.84. The maximum absolute atomic E-state index is 6.10. The van der Waals surface area contributed by atoms with Gasteiger partial charge in [-0.25, -0.2) is 0 Å². The molecule has 1 aliphatic heterocycles. The highest BCUT2D eigenvalue weighted by Crippen LogP contribution is 2.38. The van der Waals surface area contributed by atoms with Crippen molar-refractivity contribution in [2.75, 3.05) is 13.2 Å². The summed E-state index contributed by atoms with van der Waals surface area (Å²) in [6.45, 7) is 5.68. The summed E-state index contributed by atoms with van der Waals surface area (Å²) in [5.41, 5.74) is 7.34. The normalized spacial score (nSPS) is 19.7. The molecule has 3 heteroatoms. The van der Waals surface area contributed by atoms with Crippen molar-refractivity contribution in [3.05, 3.63) is 30.1 Å². The molecule has 1 saturated heterocycles. The molecular formula is C12H18N2O. The summed E-state index contributed by atoms with van der Waals surface area (Å²) in [5, 5.41) is 0. The molecule has 3 nitrogen and oxygen atoms in total. The van der Waals surface area contributed by atoms with Gasteiger partial charge in [0.1, 0.15) is 0 Å². The zero-order valence-electron chi connectivity index (χ0n) is 9.36. The summed E-state index contributed by atoms with van der Waals surface area (Å²) in [5.74, 6) is 0. The summed E-state index contributed by atoms with van der Waals surface area (Å²) in [7, 11) is 0. The lowest BCUT2D eigenvalue weighted by atomic mass is 9.71. The van der Waals surface area contributed by atoms with Crippen LogP contribution in [0.4, 0.5) is 0 Å². The van der Waals surface area contributed by atoms with E-state index >= 15 is 0 Å². The molecule has 0 atom stereocenters. The van der Waals surface area contributed by atoms with Crippen LogP contribution < -0.4 is 5.73 Å². The van der Waals surface area contributed by atoms with Gasteiger partial charge in [-0.1, -0.05) is 0 Å². The molecule has 2 heterocycles. The monoisotopic (exact) mass is 206 g/mol. The van der Waals surface area contributed by atoms with Gasteiger partial charge < -0.3 is 10.5 Å². The number of aromatic nitrogens is 1. The lowest BCUT2D eigenvalue weighted by Gasteiger charge is -2.45. The van der Waals surface area contributed by atoms with Crippen LogP contribution in [0.15, 0.2) is 24.5 Å². The Morgan fingerprint density at radius 1 is 1.40 bits per heavy atom. The van der Waals surface area contributed by atoms with E-state index < -0.39 is 0 Å². The highest BCUT2D eigenvalue weighted by molar-refractivity contribution is 5.26. The standard InChI is InChI=1S/C12H18N2O/c1-11(2,13)7-12(8-15-9-12)10-3-5-14-6-4-10/h3-6H,7-9,13H2,1-2H3. The van der Waals surface area contributed by atoms with Crippen molar-refractivity contribution < 1.29 is 4.74 Å². The second-order valence-electron chi connectivity index (χ2n) is 5.17. The van der Waals surface area contributed by atoms with Crippen molar-refractivity contribution in [2.45, 2.75) is 31.2 Å². The maximum atomic E-state index is 6.10. The number of rotatable bonds is 3. The Morgan fingerprint density at radius 3 is 2.40 bits per heavy atom. The molecule has 1 aliphatic rings. The predicted octanol–water partition coefficient (Wildman–Crippen LogP) is 1.48. The van der Waals surface area contributed by atoms with Crippen LogP contribution in [-0.2, 0) is 10.2 Å². The van der Waals surface area contributed by atoms with E-state index in [2.05, 4.69) is 31.0 Å². The van der Waals surface area contributed by atoms with Crippen molar-refractivity contribution >= 4 is 0 Å². The van der Waals surface area contributed by atoms with Crippen molar-refractivity contribution in [3.63, 3.8) is 0 Å². The molecule has 0 aromatic carbocycles. The van der Waals surface area contributed by atoms with Crippen molar-refractivity contribution in [1.29, 1.82) is 0 Å². The lowest BCUT2D eigenvalue weighted by Crippen LogP contribution is -2.53. The minimum Gasteiger partial charge on any atom is -0.379 e. The molecule has 0 bridgehead atoms. The molecule has 15 heavy (non-hydrogen) atoms. The first kappa shape index (κ1) is 10.6. The van der Waals surface area contributed by atoms with E-state index in [0.29, 0.717) is 0 Å². The fourth-order valence-corrected chi connectivity index (χ4v) is 2.30. The Hall–Kier alpha value is -0.930. The first-order chi connectivity index (χ1) is 7.02. The number of pyridine rings is 1. The highest BCUT2D eigenvalue weighted by Gasteiger charge is 2.43. The van der Waals surface area contributed by atoms with Crippen molar-refractivity contribution in [3.8, 4) is 0 Å². The quantitative estimate of drug-likeness (QED) is 0.814. The van der Waals surface area contributed by atoms with Crippen LogP contribution in [0.1, 0.15) is 25.8 Å². The molecule has 0 amide bonds. The molecule has 0 saturated carbocycles. The second kappa shape index (κ2) is 3.58. The molecule has 2 N–H and O–H groups in total. The van der Waals surface area contributed by atoms with Crippen LogP contribution in [0, 0.1) is 0 Å². The average Bonchev–Trinajstić information content (AvgIpc) is 2.11. The van der Waals surface area contributed by atoms with Gasteiger partial charge in [0.2, 0.25) is 0 Å². The molecule has 1 fully saturated rings. The minimum absolute atomic E-state index is 0.112. The Bertz CT molecular complexity index is 325. The predicted molar refractivity (Wildman–Crippen MR) is 59.6 cm³/mol. The Labute approximate surface area is 90.7 Å². The summed E-state index contributed by atoms with van der Waals surface area (Å²) >= 11 is 0. The summed E-state index contributed by atoms with van der Waals surface area (Å²) < 4.78 is 5.36. The van der Waals surface area contributed by atoms with Crippen LogP contribution in [-0.4, -0.2) is 23.7 Å². The van der Waals surface area contributed by atoms with Gasteiger partial charge in [0.05, 0.1) is 13.2 Å². The van der Waals surface area contributed by atoms with Gasteiger partial charge in [-0.3, -0.25) is 4.98 Å². The molecule has 1 aromatic heterocycles. The number of hydrogen-bond acceptors (Lipinski definition) is 3. The molecule has 2 rings (SSSR count). The van der Waals surface area contributed by atoms with Crippen molar-refractivity contribution in [2.24, 2.45) is 5.73 Å². The van der Waals surface area contributed by atoms with E-state index in [1.165, 1.54) is 5.56 Å². The van der Waals surface area contributed by atoms with E-state index in [-0.39, 0.29) is 11.0 Å². The topological polar surface area (TPSA) is 48.1 Å². The first-order valence-corrected chi connectivity index (χ1v) is 5.29. The van der Waals surface area contributed by atoms with Crippen LogP contribution in [0.5, 0.6) is 0 Å². The zero-order valence-corrected chi connectivity index (χ0v) is 9.36. The Kier molecular flexibility index (Phi) is 2.52. The number of hydrogen-bond donors (Lipinski definition) is 1. The Morgan fingerprint density at radius 2 is 2.00 bits per heavy atom. The highest BCUT2D eigenvalue weighted by atomic mass is 16.5. The number of nitrogens with zero attached hydrogens (tertiary/aromatic N) is 1. The number of ether oxygens (including phenoxy) is 1.